The lowest BCUT2D eigenvalue weighted by Crippen LogP contribution is -2.13. The smallest absolute Gasteiger partial charge is 0.0624 e. The molecule has 0 radical (unpaired) electrons. The second-order valence-corrected chi connectivity index (χ2v) is 3.51. The van der Waals surface area contributed by atoms with Crippen molar-refractivity contribution >= 4 is 0 Å². The third kappa shape index (κ3) is 2.84. The molecule has 0 aliphatic carbocycles. The average Bonchev–Trinajstić information content (AvgIpc) is 2.61. The molecule has 0 saturated carbocycles. The molecule has 0 aliphatic rings. The fourth-order valence-electron chi connectivity index (χ4n) is 1.57. The Morgan fingerprint density at radius 3 is 2.71 bits per heavy atom. The van der Waals surface area contributed by atoms with Gasteiger partial charge in [-0.15, -0.1) is 0 Å². The Kier molecular flexibility index (Phi) is 4.66. The number of rotatable bonds is 6. The molecule has 3 heteroatoms. The van der Waals surface area contributed by atoms with Crippen molar-refractivity contribution in [1.29, 1.82) is 0 Å². The zero-order valence-corrected chi connectivity index (χ0v) is 9.51. The first-order valence-corrected chi connectivity index (χ1v) is 5.52. The number of aromatic nitrogens is 2. The first-order valence-electron chi connectivity index (χ1n) is 5.52. The van der Waals surface area contributed by atoms with Gasteiger partial charge < -0.3 is 5.32 Å². The van der Waals surface area contributed by atoms with E-state index in [1.807, 2.05) is 7.05 Å². The van der Waals surface area contributed by atoms with Gasteiger partial charge in [0.05, 0.1) is 5.69 Å². The summed E-state index contributed by atoms with van der Waals surface area (Å²) in [4.78, 5) is 0. The Morgan fingerprint density at radius 2 is 2.14 bits per heavy atom. The minimum Gasteiger partial charge on any atom is -0.320 e. The third-order valence-electron chi connectivity index (χ3n) is 2.44. The number of aryl methyl sites for hydroxylation is 3. The van der Waals surface area contributed by atoms with Crippen molar-refractivity contribution in [3.05, 3.63) is 17.5 Å². The van der Waals surface area contributed by atoms with Crippen LogP contribution >= 0.6 is 0 Å². The standard InChI is InChI=1S/C11H21N3/c1-4-10-9-11(5-2)14(13-10)8-6-7-12-3/h9,12H,4-8H2,1-3H3. The molecule has 1 aromatic rings. The molecule has 14 heavy (non-hydrogen) atoms. The van der Waals surface area contributed by atoms with Crippen molar-refractivity contribution in [1.82, 2.24) is 15.1 Å². The first-order chi connectivity index (χ1) is 6.81. The van der Waals surface area contributed by atoms with E-state index in [9.17, 15) is 0 Å². The van der Waals surface area contributed by atoms with Gasteiger partial charge in [0, 0.05) is 12.2 Å². The molecular weight excluding hydrogens is 174 g/mol. The lowest BCUT2D eigenvalue weighted by molar-refractivity contribution is 0.540. The molecule has 1 aromatic heterocycles. The van der Waals surface area contributed by atoms with Crippen molar-refractivity contribution in [2.75, 3.05) is 13.6 Å². The summed E-state index contributed by atoms with van der Waals surface area (Å²) in [5, 5.41) is 7.72. The van der Waals surface area contributed by atoms with Gasteiger partial charge in [0.1, 0.15) is 0 Å². The molecule has 0 saturated heterocycles. The SMILES string of the molecule is CCc1cc(CC)n(CCCNC)n1. The summed E-state index contributed by atoms with van der Waals surface area (Å²) >= 11 is 0. The van der Waals surface area contributed by atoms with E-state index < -0.39 is 0 Å². The van der Waals surface area contributed by atoms with Crippen LogP contribution < -0.4 is 5.32 Å². The van der Waals surface area contributed by atoms with E-state index in [2.05, 4.69) is 35.0 Å². The zero-order chi connectivity index (χ0) is 10.4. The molecule has 0 unspecified atom stereocenters. The minimum atomic E-state index is 1.03. The number of hydrogen-bond donors (Lipinski definition) is 1. The molecular formula is C11H21N3. The van der Waals surface area contributed by atoms with Gasteiger partial charge in [-0.2, -0.15) is 5.10 Å². The molecule has 1 N–H and O–H groups in total. The maximum absolute atomic E-state index is 4.56. The molecule has 0 bridgehead atoms. The van der Waals surface area contributed by atoms with Crippen molar-refractivity contribution in [2.24, 2.45) is 0 Å². The van der Waals surface area contributed by atoms with Gasteiger partial charge in [-0.1, -0.05) is 13.8 Å². The van der Waals surface area contributed by atoms with Crippen molar-refractivity contribution < 1.29 is 0 Å². The topological polar surface area (TPSA) is 29.9 Å². The van der Waals surface area contributed by atoms with E-state index in [-0.39, 0.29) is 0 Å². The molecule has 1 rings (SSSR count). The predicted molar refractivity (Wildman–Crippen MR) is 59.5 cm³/mol. The number of hydrogen-bond acceptors (Lipinski definition) is 2. The van der Waals surface area contributed by atoms with Crippen LogP contribution in [0.5, 0.6) is 0 Å². The molecule has 3 nitrogen and oxygen atoms in total. The van der Waals surface area contributed by atoms with Gasteiger partial charge in [-0.05, 0) is 38.9 Å². The van der Waals surface area contributed by atoms with Crippen LogP contribution in [0.1, 0.15) is 31.7 Å². The quantitative estimate of drug-likeness (QED) is 0.699. The molecule has 0 amide bonds. The largest absolute Gasteiger partial charge is 0.320 e. The third-order valence-corrected chi connectivity index (χ3v) is 2.44. The van der Waals surface area contributed by atoms with E-state index >= 15 is 0 Å². The molecule has 0 aliphatic heterocycles. The fraction of sp³-hybridized carbons (Fsp3) is 0.727. The van der Waals surface area contributed by atoms with E-state index in [0.29, 0.717) is 0 Å². The lowest BCUT2D eigenvalue weighted by Gasteiger charge is -2.04. The van der Waals surface area contributed by atoms with Crippen LogP contribution in [0.3, 0.4) is 0 Å². The maximum Gasteiger partial charge on any atom is 0.0624 e. The second kappa shape index (κ2) is 5.81. The van der Waals surface area contributed by atoms with Crippen LogP contribution in [0.2, 0.25) is 0 Å². The highest BCUT2D eigenvalue weighted by Crippen LogP contribution is 2.06. The van der Waals surface area contributed by atoms with Gasteiger partial charge in [-0.25, -0.2) is 0 Å². The van der Waals surface area contributed by atoms with Crippen molar-refractivity contribution in [3.8, 4) is 0 Å². The van der Waals surface area contributed by atoms with Crippen LogP contribution in [0.25, 0.3) is 0 Å². The van der Waals surface area contributed by atoms with E-state index in [0.717, 1.165) is 32.4 Å². The molecule has 80 valence electrons. The molecule has 0 aromatic carbocycles. The van der Waals surface area contributed by atoms with Gasteiger partial charge in [0.15, 0.2) is 0 Å². The van der Waals surface area contributed by atoms with Gasteiger partial charge in [0.25, 0.3) is 0 Å². The summed E-state index contributed by atoms with van der Waals surface area (Å²) in [5.74, 6) is 0. The molecule has 0 atom stereocenters. The summed E-state index contributed by atoms with van der Waals surface area (Å²) in [6.45, 7) is 6.43. The van der Waals surface area contributed by atoms with Crippen LogP contribution in [0, 0.1) is 0 Å². The summed E-state index contributed by atoms with van der Waals surface area (Å²) in [6, 6.07) is 2.22. The molecule has 0 spiro atoms. The van der Waals surface area contributed by atoms with E-state index in [1.54, 1.807) is 0 Å². The highest BCUT2D eigenvalue weighted by atomic mass is 15.3. The average molecular weight is 195 g/mol. The second-order valence-electron chi connectivity index (χ2n) is 3.51. The summed E-state index contributed by atoms with van der Waals surface area (Å²) in [5.41, 5.74) is 2.57. The highest BCUT2D eigenvalue weighted by molar-refractivity contribution is 5.10. The zero-order valence-electron chi connectivity index (χ0n) is 9.51. The van der Waals surface area contributed by atoms with Gasteiger partial charge >= 0.3 is 0 Å². The Bertz CT molecular complexity index is 265. The fourth-order valence-corrected chi connectivity index (χ4v) is 1.57. The van der Waals surface area contributed by atoms with Gasteiger partial charge in [-0.3, -0.25) is 4.68 Å². The van der Waals surface area contributed by atoms with Crippen LogP contribution in [0.15, 0.2) is 6.07 Å². The molecule has 1 heterocycles. The van der Waals surface area contributed by atoms with Crippen LogP contribution in [-0.2, 0) is 19.4 Å². The summed E-state index contributed by atoms with van der Waals surface area (Å²) < 4.78 is 2.15. The van der Waals surface area contributed by atoms with E-state index in [4.69, 9.17) is 0 Å². The highest BCUT2D eigenvalue weighted by Gasteiger charge is 2.03. The van der Waals surface area contributed by atoms with Gasteiger partial charge in [0.2, 0.25) is 0 Å². The maximum atomic E-state index is 4.56. The van der Waals surface area contributed by atoms with Crippen molar-refractivity contribution in [3.63, 3.8) is 0 Å². The normalized spacial score (nSPS) is 10.8. The lowest BCUT2D eigenvalue weighted by atomic mass is 10.2. The van der Waals surface area contributed by atoms with Crippen LogP contribution in [-0.4, -0.2) is 23.4 Å². The van der Waals surface area contributed by atoms with E-state index in [1.165, 1.54) is 11.4 Å². The Balaban J connectivity index is 2.59. The molecule has 0 fully saturated rings. The summed E-state index contributed by atoms with van der Waals surface area (Å²) in [6.07, 6.45) is 3.26. The summed E-state index contributed by atoms with van der Waals surface area (Å²) in [7, 11) is 1.99. The monoisotopic (exact) mass is 195 g/mol. The Hall–Kier alpha value is -0.830. The number of nitrogens with zero attached hydrogens (tertiary/aromatic N) is 2. The van der Waals surface area contributed by atoms with Crippen molar-refractivity contribution in [2.45, 2.75) is 39.7 Å². The Labute approximate surface area is 86.5 Å². The number of nitrogens with one attached hydrogen (secondary N) is 1. The predicted octanol–water partition coefficient (Wildman–Crippen LogP) is 1.62. The Morgan fingerprint density at radius 1 is 1.36 bits per heavy atom. The van der Waals surface area contributed by atoms with Crippen LogP contribution in [0.4, 0.5) is 0 Å². The first kappa shape index (κ1) is 11.2. The minimum absolute atomic E-state index is 1.03.